The lowest BCUT2D eigenvalue weighted by Gasteiger charge is -2.21. The normalized spacial score (nSPS) is 14.5. The summed E-state index contributed by atoms with van der Waals surface area (Å²) in [6.45, 7) is 11.9. The molecule has 606 valence electrons. The molecule has 0 aliphatic rings. The van der Waals surface area contributed by atoms with E-state index in [1.807, 2.05) is 0 Å². The van der Waals surface area contributed by atoms with Crippen molar-refractivity contribution in [1.29, 1.82) is 0 Å². The van der Waals surface area contributed by atoms with E-state index in [9.17, 15) is 43.2 Å². The summed E-state index contributed by atoms with van der Waals surface area (Å²) in [5, 5.41) is 10.6. The van der Waals surface area contributed by atoms with Crippen molar-refractivity contribution in [2.45, 2.75) is 452 Å². The fourth-order valence-electron chi connectivity index (χ4n) is 12.8. The van der Waals surface area contributed by atoms with Crippen molar-refractivity contribution in [3.8, 4) is 0 Å². The number of aliphatic hydroxyl groups excluding tert-OH is 1. The number of unbranched alkanes of at least 4 members (excludes halogenated alkanes) is 47. The molecule has 0 aliphatic heterocycles. The molecule has 19 heteroatoms. The molecule has 4 unspecified atom stereocenters. The SMILES string of the molecule is CCCCCCCCCCCCCCCCCCCCCC(=O)OC[C@H](COP(=O)(O)OC[C@@H](O)COP(=O)(O)OC[C@@H](COC(=O)CCCCCCCCC(C)CC)OC(=O)CCCCCCCCCCC(C)C)OC(=O)CCCCCCCCCCCCCCCCCCCCC(C)CC. The van der Waals surface area contributed by atoms with Gasteiger partial charge >= 0.3 is 39.5 Å². The lowest BCUT2D eigenvalue weighted by molar-refractivity contribution is -0.161. The van der Waals surface area contributed by atoms with Crippen LogP contribution in [0, 0.1) is 17.8 Å². The molecule has 0 aliphatic carbocycles. The van der Waals surface area contributed by atoms with E-state index in [1.165, 1.54) is 238 Å². The number of ether oxygens (including phenoxy) is 4. The van der Waals surface area contributed by atoms with Gasteiger partial charge < -0.3 is 33.8 Å². The van der Waals surface area contributed by atoms with E-state index in [1.54, 1.807) is 0 Å². The van der Waals surface area contributed by atoms with Crippen LogP contribution in [0.15, 0.2) is 0 Å². The summed E-state index contributed by atoms with van der Waals surface area (Å²) in [5.41, 5.74) is 0. The molecule has 0 aromatic carbocycles. The van der Waals surface area contributed by atoms with Gasteiger partial charge in [-0.2, -0.15) is 0 Å². The molecule has 7 atom stereocenters. The minimum absolute atomic E-state index is 0.104. The molecule has 3 N–H and O–H groups in total. The summed E-state index contributed by atoms with van der Waals surface area (Å²) in [5.74, 6) is 0.207. The van der Waals surface area contributed by atoms with Gasteiger partial charge in [0.25, 0.3) is 0 Å². The predicted octanol–water partition coefficient (Wildman–Crippen LogP) is 24.9. The Morgan fingerprint density at radius 2 is 0.500 bits per heavy atom. The van der Waals surface area contributed by atoms with Crippen molar-refractivity contribution in [3.05, 3.63) is 0 Å². The third-order valence-electron chi connectivity index (χ3n) is 20.1. The molecule has 0 heterocycles. The van der Waals surface area contributed by atoms with E-state index in [2.05, 4.69) is 48.5 Å². The van der Waals surface area contributed by atoms with Gasteiger partial charge in [0.1, 0.15) is 19.3 Å². The first-order chi connectivity index (χ1) is 49.3. The van der Waals surface area contributed by atoms with Gasteiger partial charge in [0.2, 0.25) is 0 Å². The second-order valence-corrected chi connectivity index (χ2v) is 33.7. The van der Waals surface area contributed by atoms with Crippen LogP contribution < -0.4 is 0 Å². The predicted molar refractivity (Wildman–Crippen MR) is 418 cm³/mol. The minimum atomic E-state index is -4.96. The molecule has 0 aromatic rings. The Hall–Kier alpha value is -1.94. The van der Waals surface area contributed by atoms with Gasteiger partial charge in [-0.3, -0.25) is 37.3 Å². The van der Waals surface area contributed by atoms with Gasteiger partial charge in [0.05, 0.1) is 26.4 Å². The molecule has 17 nitrogen and oxygen atoms in total. The van der Waals surface area contributed by atoms with Gasteiger partial charge in [-0.05, 0) is 43.4 Å². The van der Waals surface area contributed by atoms with Crippen LogP contribution in [-0.2, 0) is 65.4 Å². The van der Waals surface area contributed by atoms with Crippen LogP contribution in [0.1, 0.15) is 434 Å². The minimum Gasteiger partial charge on any atom is -0.462 e. The van der Waals surface area contributed by atoms with E-state index < -0.39 is 97.5 Å². The maximum Gasteiger partial charge on any atom is 0.472 e. The third-order valence-corrected chi connectivity index (χ3v) is 22.0. The highest BCUT2D eigenvalue weighted by Crippen LogP contribution is 2.45. The molecular formula is C83H162O17P2. The number of phosphoric ester groups is 2. The van der Waals surface area contributed by atoms with Crippen LogP contribution in [0.5, 0.6) is 0 Å². The lowest BCUT2D eigenvalue weighted by atomic mass is 9.99. The largest absolute Gasteiger partial charge is 0.472 e. The molecule has 0 amide bonds. The van der Waals surface area contributed by atoms with Gasteiger partial charge in [0, 0.05) is 25.7 Å². The smallest absolute Gasteiger partial charge is 0.462 e. The van der Waals surface area contributed by atoms with Crippen LogP contribution >= 0.6 is 15.6 Å². The molecule has 0 bridgehead atoms. The van der Waals surface area contributed by atoms with Gasteiger partial charge in [-0.15, -0.1) is 0 Å². The molecule has 0 spiro atoms. The van der Waals surface area contributed by atoms with Crippen molar-refractivity contribution in [3.63, 3.8) is 0 Å². The van der Waals surface area contributed by atoms with E-state index >= 15 is 0 Å². The summed E-state index contributed by atoms with van der Waals surface area (Å²) in [7, 11) is -9.92. The first kappa shape index (κ1) is 100. The Morgan fingerprint density at radius 1 is 0.284 bits per heavy atom. The van der Waals surface area contributed by atoms with Crippen LogP contribution in [0.3, 0.4) is 0 Å². The van der Waals surface area contributed by atoms with E-state index in [4.69, 9.17) is 37.0 Å². The van der Waals surface area contributed by atoms with Crippen molar-refractivity contribution in [1.82, 2.24) is 0 Å². The second-order valence-electron chi connectivity index (χ2n) is 30.8. The van der Waals surface area contributed by atoms with Gasteiger partial charge in [-0.1, -0.05) is 382 Å². The summed E-state index contributed by atoms with van der Waals surface area (Å²) in [4.78, 5) is 73.0. The highest BCUT2D eigenvalue weighted by Gasteiger charge is 2.30. The number of phosphoric acid groups is 2. The Kier molecular flexibility index (Phi) is 71.8. The number of aliphatic hydroxyl groups is 1. The zero-order chi connectivity index (χ0) is 75.1. The number of hydrogen-bond acceptors (Lipinski definition) is 15. The van der Waals surface area contributed by atoms with Gasteiger partial charge in [0.15, 0.2) is 12.2 Å². The number of esters is 4. The zero-order valence-electron chi connectivity index (χ0n) is 67.1. The first-order valence-electron chi connectivity index (χ1n) is 42.9. The Labute approximate surface area is 626 Å². The van der Waals surface area contributed by atoms with Crippen LogP contribution in [0.25, 0.3) is 0 Å². The number of carbonyl (C=O) groups is 4. The van der Waals surface area contributed by atoms with E-state index in [0.717, 1.165) is 114 Å². The fraction of sp³-hybridized carbons (Fsp3) is 0.952. The standard InChI is InChI=1S/C83H162O17P2/c1-8-11-12-13-14-15-16-17-18-19-20-24-27-30-33-36-42-50-57-64-80(85)93-70-78(99-82(87)66-59-52-43-37-34-31-28-25-22-21-23-26-29-32-35-41-48-55-62-75(6)9-2)72-97-101(89,90)95-68-77(84)69-96-102(91,92)98-73-79(71-94-81(86)65-58-51-46-45-49-56-63-76(7)10-3)100-83(88)67-60-53-44-39-38-40-47-54-61-74(4)5/h74-79,84H,8-73H2,1-7H3,(H,89,90)(H,91,92)/t75?,76?,77-,78-,79-/m1/s1. The molecule has 0 saturated carbocycles. The quantitative estimate of drug-likeness (QED) is 0.0222. The fourth-order valence-corrected chi connectivity index (χ4v) is 14.4. The molecule has 0 radical (unpaired) electrons. The van der Waals surface area contributed by atoms with E-state index in [-0.39, 0.29) is 25.7 Å². The maximum absolute atomic E-state index is 13.1. The zero-order valence-corrected chi connectivity index (χ0v) is 68.9. The molecular weight excluding hydrogens is 1330 g/mol. The van der Waals surface area contributed by atoms with Crippen molar-refractivity contribution in [2.24, 2.45) is 17.8 Å². The average molecular weight is 1490 g/mol. The summed E-state index contributed by atoms with van der Waals surface area (Å²) in [6, 6.07) is 0. The highest BCUT2D eigenvalue weighted by atomic mass is 31.2. The maximum atomic E-state index is 13.1. The van der Waals surface area contributed by atoms with Crippen LogP contribution in [0.2, 0.25) is 0 Å². The van der Waals surface area contributed by atoms with Crippen molar-refractivity contribution in [2.75, 3.05) is 39.6 Å². The molecule has 0 saturated heterocycles. The van der Waals surface area contributed by atoms with Crippen LogP contribution in [0.4, 0.5) is 0 Å². The monoisotopic (exact) mass is 1490 g/mol. The van der Waals surface area contributed by atoms with Crippen molar-refractivity contribution >= 4 is 39.5 Å². The Balaban J connectivity index is 5.20. The molecule has 0 fully saturated rings. The average Bonchev–Trinajstić information content (AvgIpc) is 0.926. The van der Waals surface area contributed by atoms with Crippen molar-refractivity contribution < 1.29 is 80.2 Å². The highest BCUT2D eigenvalue weighted by molar-refractivity contribution is 7.47. The summed E-state index contributed by atoms with van der Waals surface area (Å²) in [6.07, 6.45) is 62.7. The Morgan fingerprint density at radius 3 is 0.745 bits per heavy atom. The first-order valence-corrected chi connectivity index (χ1v) is 45.9. The van der Waals surface area contributed by atoms with Crippen LogP contribution in [-0.4, -0.2) is 96.7 Å². The summed E-state index contributed by atoms with van der Waals surface area (Å²) < 4.78 is 68.7. The number of hydrogen-bond donors (Lipinski definition) is 3. The van der Waals surface area contributed by atoms with E-state index in [0.29, 0.717) is 25.7 Å². The molecule has 0 rings (SSSR count). The second kappa shape index (κ2) is 73.2. The molecule has 102 heavy (non-hydrogen) atoms. The number of rotatable bonds is 81. The summed E-state index contributed by atoms with van der Waals surface area (Å²) >= 11 is 0. The lowest BCUT2D eigenvalue weighted by Crippen LogP contribution is -2.30. The van der Waals surface area contributed by atoms with Gasteiger partial charge in [-0.25, -0.2) is 9.13 Å². The molecule has 0 aromatic heterocycles. The third kappa shape index (κ3) is 73.6. The topological polar surface area (TPSA) is 237 Å². The number of carbonyl (C=O) groups excluding carboxylic acids is 4. The Bertz CT molecular complexity index is 1980.